The first-order valence-electron chi connectivity index (χ1n) is 30.7. The molecule has 0 amide bonds. The summed E-state index contributed by atoms with van der Waals surface area (Å²) in [4.78, 5) is 38.0. The summed E-state index contributed by atoms with van der Waals surface area (Å²) in [5, 5.41) is 0. The van der Waals surface area contributed by atoms with Crippen LogP contribution in [0.5, 0.6) is 0 Å². The minimum Gasteiger partial charge on any atom is -0.462 e. The van der Waals surface area contributed by atoms with E-state index in [-0.39, 0.29) is 31.1 Å². The van der Waals surface area contributed by atoms with Crippen molar-refractivity contribution >= 4 is 17.9 Å². The van der Waals surface area contributed by atoms with Crippen molar-refractivity contribution in [2.75, 3.05) is 13.2 Å². The predicted molar refractivity (Wildman–Crippen MR) is 316 cm³/mol. The van der Waals surface area contributed by atoms with Gasteiger partial charge in [0, 0.05) is 19.3 Å². The first kappa shape index (κ1) is 69.3. The van der Waals surface area contributed by atoms with Gasteiger partial charge < -0.3 is 14.2 Å². The third-order valence-electron chi connectivity index (χ3n) is 13.1. The minimum atomic E-state index is -0.786. The molecule has 0 heterocycles. The Hall–Kier alpha value is -3.67. The van der Waals surface area contributed by atoms with E-state index in [1.807, 2.05) is 0 Å². The molecule has 73 heavy (non-hydrogen) atoms. The number of hydrogen-bond donors (Lipinski definition) is 0. The van der Waals surface area contributed by atoms with Gasteiger partial charge >= 0.3 is 17.9 Å². The van der Waals surface area contributed by atoms with Crippen LogP contribution in [0.3, 0.4) is 0 Å². The molecule has 418 valence electrons. The zero-order valence-corrected chi connectivity index (χ0v) is 47.9. The van der Waals surface area contributed by atoms with E-state index >= 15 is 0 Å². The van der Waals surface area contributed by atoms with Crippen molar-refractivity contribution in [3.63, 3.8) is 0 Å². The zero-order chi connectivity index (χ0) is 52.9. The van der Waals surface area contributed by atoms with E-state index in [9.17, 15) is 14.4 Å². The molecule has 6 heteroatoms. The van der Waals surface area contributed by atoms with E-state index in [0.29, 0.717) is 19.3 Å². The number of ether oxygens (including phenoxy) is 3. The maximum absolute atomic E-state index is 12.8. The molecule has 0 N–H and O–H groups in total. The fourth-order valence-electron chi connectivity index (χ4n) is 8.54. The van der Waals surface area contributed by atoms with Gasteiger partial charge in [0.05, 0.1) is 0 Å². The Bertz CT molecular complexity index is 1440. The summed E-state index contributed by atoms with van der Waals surface area (Å²) in [7, 11) is 0. The summed E-state index contributed by atoms with van der Waals surface area (Å²) < 4.78 is 16.8. The van der Waals surface area contributed by atoms with Crippen LogP contribution < -0.4 is 0 Å². The van der Waals surface area contributed by atoms with Gasteiger partial charge in [-0.25, -0.2) is 0 Å². The lowest BCUT2D eigenvalue weighted by Gasteiger charge is -2.18. The van der Waals surface area contributed by atoms with Crippen LogP contribution in [0.15, 0.2) is 97.2 Å². The number of esters is 3. The molecule has 0 radical (unpaired) electrons. The van der Waals surface area contributed by atoms with E-state index in [4.69, 9.17) is 14.2 Å². The molecule has 0 aliphatic rings. The van der Waals surface area contributed by atoms with Gasteiger partial charge in [-0.05, 0) is 96.3 Å². The highest BCUT2D eigenvalue weighted by Gasteiger charge is 2.19. The van der Waals surface area contributed by atoms with Gasteiger partial charge in [-0.15, -0.1) is 0 Å². The third-order valence-corrected chi connectivity index (χ3v) is 13.1. The first-order valence-corrected chi connectivity index (χ1v) is 30.7. The first-order chi connectivity index (χ1) is 36.0. The zero-order valence-electron chi connectivity index (χ0n) is 47.9. The normalized spacial score (nSPS) is 12.8. The Morgan fingerprint density at radius 3 is 0.836 bits per heavy atom. The van der Waals surface area contributed by atoms with Crippen molar-refractivity contribution in [1.29, 1.82) is 0 Å². The van der Waals surface area contributed by atoms with E-state index in [1.54, 1.807) is 0 Å². The summed E-state index contributed by atoms with van der Waals surface area (Å²) in [5.74, 6) is -0.908. The second kappa shape index (κ2) is 60.9. The number of hydrogen-bond acceptors (Lipinski definition) is 6. The van der Waals surface area contributed by atoms with E-state index in [2.05, 4.69) is 118 Å². The van der Waals surface area contributed by atoms with Gasteiger partial charge in [0.2, 0.25) is 0 Å². The van der Waals surface area contributed by atoms with Gasteiger partial charge in [0.25, 0.3) is 0 Å². The summed E-state index contributed by atoms with van der Waals surface area (Å²) in [6.45, 7) is 6.37. The summed E-state index contributed by atoms with van der Waals surface area (Å²) in [6, 6.07) is 0. The Kier molecular flexibility index (Phi) is 57.8. The SMILES string of the molecule is CC/C=C\C/C=C\C/C=C\C/C=C\CCCCCCCCCCCCCCCCCCCCC(=O)OCC(COC(=O)CCCCCCCCC)OC(=O)CCCCCC/C=C\C/C=C\C/C=C\C/C=C\CC. The van der Waals surface area contributed by atoms with Crippen LogP contribution in [-0.4, -0.2) is 37.2 Å². The fourth-order valence-corrected chi connectivity index (χ4v) is 8.54. The molecule has 0 aliphatic carbocycles. The molecule has 0 aromatic rings. The highest BCUT2D eigenvalue weighted by molar-refractivity contribution is 5.71. The lowest BCUT2D eigenvalue weighted by molar-refractivity contribution is -0.167. The van der Waals surface area contributed by atoms with Gasteiger partial charge in [-0.2, -0.15) is 0 Å². The van der Waals surface area contributed by atoms with Crippen molar-refractivity contribution < 1.29 is 28.6 Å². The lowest BCUT2D eigenvalue weighted by Crippen LogP contribution is -2.30. The Balaban J connectivity index is 4.07. The quantitative estimate of drug-likeness (QED) is 0.0261. The highest BCUT2D eigenvalue weighted by Crippen LogP contribution is 2.16. The second-order valence-corrected chi connectivity index (χ2v) is 20.2. The van der Waals surface area contributed by atoms with Crippen LogP contribution in [0.1, 0.15) is 290 Å². The average Bonchev–Trinajstić information content (AvgIpc) is 3.39. The van der Waals surface area contributed by atoms with Crippen molar-refractivity contribution in [3.8, 4) is 0 Å². The van der Waals surface area contributed by atoms with E-state index in [1.165, 1.54) is 128 Å². The van der Waals surface area contributed by atoms with Crippen LogP contribution in [0.4, 0.5) is 0 Å². The average molecular weight is 1020 g/mol. The third kappa shape index (κ3) is 59.1. The van der Waals surface area contributed by atoms with Crippen molar-refractivity contribution in [2.45, 2.75) is 297 Å². The number of carbonyl (C=O) groups is 3. The summed E-state index contributed by atoms with van der Waals surface area (Å²) in [6.07, 6.45) is 81.6. The number of unbranched alkanes of at least 4 members (excludes halogenated alkanes) is 28. The van der Waals surface area contributed by atoms with Crippen LogP contribution in [0.25, 0.3) is 0 Å². The molecule has 0 saturated heterocycles. The maximum atomic E-state index is 12.8. The second-order valence-electron chi connectivity index (χ2n) is 20.2. The van der Waals surface area contributed by atoms with Gasteiger partial charge in [-0.3, -0.25) is 14.4 Å². The molecule has 1 atom stereocenters. The molecule has 0 spiro atoms. The van der Waals surface area contributed by atoms with Crippen LogP contribution in [0, 0.1) is 0 Å². The molecule has 0 aliphatic heterocycles. The van der Waals surface area contributed by atoms with E-state index < -0.39 is 6.10 Å². The number of rotatable bonds is 55. The monoisotopic (exact) mass is 1010 g/mol. The van der Waals surface area contributed by atoms with Gasteiger partial charge in [-0.1, -0.05) is 272 Å². The standard InChI is InChI=1S/C67H114O6/c1-4-7-10-13-16-18-20-22-24-26-27-28-29-30-31-32-33-34-35-36-37-38-39-41-42-44-46-48-51-54-57-60-66(69)72-63-64(62-71-65(68)59-56-53-50-15-12-9-6-3)73-67(70)61-58-55-52-49-47-45-43-40-25-23-21-19-17-14-11-8-5-2/h7-8,10-11,16-19,22-25,27-28,43,45,64H,4-6,9,12-15,20-21,26,29-42,44,46-63H2,1-3H3/b10-7-,11-8-,18-16-,19-17-,24-22-,25-23-,28-27-,45-43-. The molecule has 0 fully saturated rings. The Morgan fingerprint density at radius 1 is 0.288 bits per heavy atom. The lowest BCUT2D eigenvalue weighted by atomic mass is 10.0. The molecular weight excluding hydrogens is 901 g/mol. The van der Waals surface area contributed by atoms with Crippen LogP contribution >= 0.6 is 0 Å². The van der Waals surface area contributed by atoms with Gasteiger partial charge in [0.1, 0.15) is 13.2 Å². The molecule has 0 aromatic heterocycles. The van der Waals surface area contributed by atoms with Crippen molar-refractivity contribution in [3.05, 3.63) is 97.2 Å². The van der Waals surface area contributed by atoms with Crippen LogP contribution in [0.2, 0.25) is 0 Å². The topological polar surface area (TPSA) is 78.9 Å². The Morgan fingerprint density at radius 2 is 0.534 bits per heavy atom. The highest BCUT2D eigenvalue weighted by atomic mass is 16.6. The maximum Gasteiger partial charge on any atom is 0.306 e. The fraction of sp³-hybridized carbons (Fsp3) is 0.716. The molecule has 0 saturated carbocycles. The number of carbonyl (C=O) groups excluding carboxylic acids is 3. The van der Waals surface area contributed by atoms with Crippen molar-refractivity contribution in [1.82, 2.24) is 0 Å². The summed E-state index contributed by atoms with van der Waals surface area (Å²) in [5.41, 5.74) is 0. The number of allylic oxidation sites excluding steroid dienone is 16. The molecule has 1 unspecified atom stereocenters. The molecule has 0 rings (SSSR count). The Labute approximate surface area is 451 Å². The van der Waals surface area contributed by atoms with Crippen molar-refractivity contribution in [2.24, 2.45) is 0 Å². The minimum absolute atomic E-state index is 0.0846. The molecule has 6 nitrogen and oxygen atoms in total. The van der Waals surface area contributed by atoms with Crippen LogP contribution in [-0.2, 0) is 28.6 Å². The molecular formula is C67H114O6. The molecule has 0 bridgehead atoms. The van der Waals surface area contributed by atoms with E-state index in [0.717, 1.165) is 122 Å². The van der Waals surface area contributed by atoms with Gasteiger partial charge in [0.15, 0.2) is 6.10 Å². The smallest absolute Gasteiger partial charge is 0.306 e. The molecule has 0 aromatic carbocycles. The largest absolute Gasteiger partial charge is 0.462 e. The predicted octanol–water partition coefficient (Wildman–Crippen LogP) is 20.9. The summed E-state index contributed by atoms with van der Waals surface area (Å²) >= 11 is 0.